The Labute approximate surface area is 120 Å². The monoisotopic (exact) mass is 270 g/mol. The molecule has 2 fully saturated rings. The number of benzene rings is 1. The molecule has 0 bridgehead atoms. The fourth-order valence-electron chi connectivity index (χ4n) is 4.15. The molecular weight excluding hydrogens is 248 g/mol. The van der Waals surface area contributed by atoms with E-state index in [1.165, 1.54) is 43.4 Å². The first kappa shape index (κ1) is 12.2. The Balaban J connectivity index is 1.45. The van der Waals surface area contributed by atoms with Gasteiger partial charge in [0.1, 0.15) is 0 Å². The molecular formula is C17H22N2O. The lowest BCUT2D eigenvalue weighted by atomic mass is 10.0. The topological polar surface area (TPSA) is 41.1 Å². The summed E-state index contributed by atoms with van der Waals surface area (Å²) in [5.41, 5.74) is 3.52. The summed E-state index contributed by atoms with van der Waals surface area (Å²) in [6, 6.07) is 6.30. The first-order chi connectivity index (χ1) is 9.83. The average molecular weight is 270 g/mol. The Hall–Kier alpha value is -1.51. The van der Waals surface area contributed by atoms with E-state index in [1.807, 2.05) is 0 Å². The highest BCUT2D eigenvalue weighted by Crippen LogP contribution is 2.55. The highest BCUT2D eigenvalue weighted by atomic mass is 16.2. The third kappa shape index (κ3) is 2.09. The first-order valence-corrected chi connectivity index (χ1v) is 8.00. The summed E-state index contributed by atoms with van der Waals surface area (Å²) in [6.45, 7) is 1.04. The van der Waals surface area contributed by atoms with Crippen molar-refractivity contribution in [2.45, 2.75) is 38.5 Å². The average Bonchev–Trinajstić information content (AvgIpc) is 3.21. The highest BCUT2D eigenvalue weighted by molar-refractivity contribution is 5.95. The molecule has 3 heteroatoms. The van der Waals surface area contributed by atoms with Crippen molar-refractivity contribution in [2.75, 3.05) is 17.2 Å². The van der Waals surface area contributed by atoms with E-state index in [4.69, 9.17) is 0 Å². The number of hydrogen-bond donors (Lipinski definition) is 2. The molecule has 2 aliphatic carbocycles. The van der Waals surface area contributed by atoms with Gasteiger partial charge in [-0.1, -0.05) is 18.9 Å². The largest absolute Gasteiger partial charge is 0.385 e. The third-order valence-electron chi connectivity index (χ3n) is 5.28. The van der Waals surface area contributed by atoms with E-state index in [0.717, 1.165) is 18.7 Å². The Morgan fingerprint density at radius 1 is 1.15 bits per heavy atom. The Morgan fingerprint density at radius 3 is 2.75 bits per heavy atom. The van der Waals surface area contributed by atoms with Crippen molar-refractivity contribution in [2.24, 2.45) is 17.8 Å². The van der Waals surface area contributed by atoms with Crippen LogP contribution in [-0.4, -0.2) is 12.5 Å². The van der Waals surface area contributed by atoms with Gasteiger partial charge in [-0.05, 0) is 55.2 Å². The molecule has 3 nitrogen and oxygen atoms in total. The Kier molecular flexibility index (Phi) is 2.94. The number of amides is 1. The van der Waals surface area contributed by atoms with E-state index in [-0.39, 0.29) is 5.91 Å². The van der Waals surface area contributed by atoms with E-state index >= 15 is 0 Å². The Morgan fingerprint density at radius 2 is 1.95 bits per heavy atom. The maximum atomic E-state index is 12.4. The fraction of sp³-hybridized carbons (Fsp3) is 0.588. The molecule has 1 aromatic rings. The van der Waals surface area contributed by atoms with Crippen molar-refractivity contribution in [3.05, 3.63) is 23.8 Å². The van der Waals surface area contributed by atoms with Crippen molar-refractivity contribution in [3.63, 3.8) is 0 Å². The lowest BCUT2D eigenvalue weighted by Gasteiger charge is -2.18. The molecule has 1 heterocycles. The summed E-state index contributed by atoms with van der Waals surface area (Å²) in [7, 11) is 0. The smallest absolute Gasteiger partial charge is 0.228 e. The summed E-state index contributed by atoms with van der Waals surface area (Å²) >= 11 is 0. The minimum atomic E-state index is 0.248. The summed E-state index contributed by atoms with van der Waals surface area (Å²) in [5.74, 6) is 1.90. The van der Waals surface area contributed by atoms with Gasteiger partial charge in [-0.25, -0.2) is 0 Å². The molecule has 2 unspecified atom stereocenters. The minimum Gasteiger partial charge on any atom is -0.385 e. The molecule has 0 radical (unpaired) electrons. The predicted molar refractivity (Wildman–Crippen MR) is 80.8 cm³/mol. The summed E-state index contributed by atoms with van der Waals surface area (Å²) in [5, 5.41) is 6.55. The van der Waals surface area contributed by atoms with Gasteiger partial charge in [-0.2, -0.15) is 0 Å². The van der Waals surface area contributed by atoms with Crippen LogP contribution in [0.15, 0.2) is 18.2 Å². The molecule has 1 aliphatic heterocycles. The zero-order chi connectivity index (χ0) is 13.5. The van der Waals surface area contributed by atoms with Gasteiger partial charge in [-0.3, -0.25) is 4.79 Å². The predicted octanol–water partition coefficient (Wildman–Crippen LogP) is 3.42. The van der Waals surface area contributed by atoms with Crippen LogP contribution < -0.4 is 10.6 Å². The van der Waals surface area contributed by atoms with Crippen molar-refractivity contribution in [1.29, 1.82) is 0 Å². The molecule has 2 N–H and O–H groups in total. The van der Waals surface area contributed by atoms with E-state index in [2.05, 4.69) is 28.8 Å². The molecule has 0 aromatic heterocycles. The van der Waals surface area contributed by atoms with Crippen LogP contribution in [0.1, 0.15) is 37.7 Å². The van der Waals surface area contributed by atoms with Crippen LogP contribution in [0.25, 0.3) is 0 Å². The highest BCUT2D eigenvalue weighted by Gasteiger charge is 2.54. The van der Waals surface area contributed by atoms with Gasteiger partial charge in [-0.15, -0.1) is 0 Å². The van der Waals surface area contributed by atoms with Crippen LogP contribution in [0.3, 0.4) is 0 Å². The number of fused-ring (bicyclic) bond motifs is 2. The van der Waals surface area contributed by atoms with Crippen LogP contribution in [0, 0.1) is 17.8 Å². The third-order valence-corrected chi connectivity index (χ3v) is 5.28. The summed E-state index contributed by atoms with van der Waals surface area (Å²) < 4.78 is 0. The SMILES string of the molecule is O=C(Nc1ccc2c(c1)NCCC2)C1C2CCCCC21. The fourth-order valence-corrected chi connectivity index (χ4v) is 4.15. The molecule has 1 aromatic carbocycles. The van der Waals surface area contributed by atoms with Gasteiger partial charge in [0.2, 0.25) is 5.91 Å². The zero-order valence-electron chi connectivity index (χ0n) is 11.8. The normalized spacial score (nSPS) is 30.7. The lowest BCUT2D eigenvalue weighted by molar-refractivity contribution is -0.117. The molecule has 4 rings (SSSR count). The number of anilines is 2. The second-order valence-corrected chi connectivity index (χ2v) is 6.53. The Bertz CT molecular complexity index is 528. The molecule has 0 spiro atoms. The van der Waals surface area contributed by atoms with Gasteiger partial charge in [0.15, 0.2) is 0 Å². The molecule has 2 atom stereocenters. The summed E-state index contributed by atoms with van der Waals surface area (Å²) in [6.07, 6.45) is 7.48. The number of aryl methyl sites for hydroxylation is 1. The summed E-state index contributed by atoms with van der Waals surface area (Å²) in [4.78, 5) is 12.4. The van der Waals surface area contributed by atoms with E-state index in [0.29, 0.717) is 17.8 Å². The first-order valence-electron chi connectivity index (χ1n) is 8.00. The van der Waals surface area contributed by atoms with Crippen molar-refractivity contribution < 1.29 is 4.79 Å². The molecule has 1 amide bonds. The van der Waals surface area contributed by atoms with Crippen LogP contribution in [0.5, 0.6) is 0 Å². The number of carbonyl (C=O) groups is 1. The second-order valence-electron chi connectivity index (χ2n) is 6.53. The minimum absolute atomic E-state index is 0.248. The zero-order valence-corrected chi connectivity index (χ0v) is 11.8. The van der Waals surface area contributed by atoms with Gasteiger partial charge in [0.05, 0.1) is 0 Å². The number of nitrogens with one attached hydrogen (secondary N) is 2. The van der Waals surface area contributed by atoms with Crippen molar-refractivity contribution in [1.82, 2.24) is 0 Å². The van der Waals surface area contributed by atoms with Crippen LogP contribution >= 0.6 is 0 Å². The maximum absolute atomic E-state index is 12.4. The molecule has 2 saturated carbocycles. The van der Waals surface area contributed by atoms with Crippen LogP contribution in [0.2, 0.25) is 0 Å². The number of hydrogen-bond acceptors (Lipinski definition) is 2. The second kappa shape index (κ2) is 4.80. The molecule has 20 heavy (non-hydrogen) atoms. The van der Waals surface area contributed by atoms with Gasteiger partial charge in [0.25, 0.3) is 0 Å². The van der Waals surface area contributed by atoms with Crippen LogP contribution in [0.4, 0.5) is 11.4 Å². The number of carbonyl (C=O) groups excluding carboxylic acids is 1. The lowest BCUT2D eigenvalue weighted by Crippen LogP contribution is -2.17. The standard InChI is InChI=1S/C17H22N2O/c20-17(16-13-5-1-2-6-14(13)16)19-12-8-7-11-4-3-9-18-15(11)10-12/h7-8,10,13-14,16,18H,1-6,9H2,(H,19,20). The van der Waals surface area contributed by atoms with Crippen molar-refractivity contribution in [3.8, 4) is 0 Å². The molecule has 3 aliphatic rings. The molecule has 0 saturated heterocycles. The van der Waals surface area contributed by atoms with E-state index in [1.54, 1.807) is 0 Å². The van der Waals surface area contributed by atoms with Gasteiger partial charge < -0.3 is 10.6 Å². The van der Waals surface area contributed by atoms with Gasteiger partial charge >= 0.3 is 0 Å². The van der Waals surface area contributed by atoms with E-state index < -0.39 is 0 Å². The number of rotatable bonds is 2. The van der Waals surface area contributed by atoms with Gasteiger partial charge in [0, 0.05) is 23.8 Å². The quantitative estimate of drug-likeness (QED) is 0.864. The van der Waals surface area contributed by atoms with Crippen LogP contribution in [-0.2, 0) is 11.2 Å². The molecule has 106 valence electrons. The van der Waals surface area contributed by atoms with E-state index in [9.17, 15) is 4.79 Å². The van der Waals surface area contributed by atoms with Crippen molar-refractivity contribution >= 4 is 17.3 Å². The maximum Gasteiger partial charge on any atom is 0.228 e.